The van der Waals surface area contributed by atoms with E-state index < -0.39 is 11.6 Å². The smallest absolute Gasteiger partial charge is 0.270 e. The zero-order valence-corrected chi connectivity index (χ0v) is 13.8. The van der Waals surface area contributed by atoms with Gasteiger partial charge in [0.1, 0.15) is 5.69 Å². The van der Waals surface area contributed by atoms with E-state index in [4.69, 9.17) is 0 Å². The lowest BCUT2D eigenvalue weighted by Gasteiger charge is -2.07. The highest BCUT2D eigenvalue weighted by molar-refractivity contribution is 5.95. The average molecular weight is 364 g/mol. The number of pyridine rings is 1. The van der Waals surface area contributed by atoms with Crippen LogP contribution in [-0.4, -0.2) is 36.6 Å². The van der Waals surface area contributed by atoms with Crippen LogP contribution in [0.1, 0.15) is 16.1 Å². The van der Waals surface area contributed by atoms with Gasteiger partial charge >= 0.3 is 0 Å². The van der Waals surface area contributed by atoms with Crippen molar-refractivity contribution in [2.24, 2.45) is 0 Å². The lowest BCUT2D eigenvalue weighted by molar-refractivity contribution is 0.0946. The molecular formula is C18H13FN6O2. The summed E-state index contributed by atoms with van der Waals surface area (Å²) in [5.74, 6) is -1.09. The third-order valence-corrected chi connectivity index (χ3v) is 3.99. The molecular weight excluding hydrogens is 351 g/mol. The van der Waals surface area contributed by atoms with Gasteiger partial charge in [0.25, 0.3) is 5.91 Å². The Morgan fingerprint density at radius 1 is 1.19 bits per heavy atom. The van der Waals surface area contributed by atoms with Gasteiger partial charge in [0, 0.05) is 23.6 Å². The molecule has 0 unspecified atom stereocenters. The number of aromatic hydroxyl groups is 1. The summed E-state index contributed by atoms with van der Waals surface area (Å²) in [4.78, 5) is 16.6. The minimum Gasteiger partial charge on any atom is -0.505 e. The van der Waals surface area contributed by atoms with Gasteiger partial charge in [0.2, 0.25) is 0 Å². The Kier molecular flexibility index (Phi) is 4.17. The maximum Gasteiger partial charge on any atom is 0.270 e. The zero-order chi connectivity index (χ0) is 18.8. The maximum absolute atomic E-state index is 13.4. The summed E-state index contributed by atoms with van der Waals surface area (Å²) in [5, 5.41) is 26.4. The van der Waals surface area contributed by atoms with Crippen LogP contribution in [-0.2, 0) is 6.54 Å². The molecule has 0 saturated carbocycles. The number of hydrogen-bond donors (Lipinski definition) is 3. The lowest BCUT2D eigenvalue weighted by atomic mass is 10.1. The number of hydrogen-bond acceptors (Lipinski definition) is 6. The third-order valence-electron chi connectivity index (χ3n) is 3.99. The minimum absolute atomic E-state index is 0.170. The Morgan fingerprint density at radius 3 is 2.89 bits per heavy atom. The van der Waals surface area contributed by atoms with Crippen molar-refractivity contribution in [2.45, 2.75) is 6.54 Å². The van der Waals surface area contributed by atoms with Crippen molar-refractivity contribution < 1.29 is 14.3 Å². The molecule has 8 nitrogen and oxygen atoms in total. The number of aromatic amines is 1. The van der Waals surface area contributed by atoms with Crippen molar-refractivity contribution in [1.29, 1.82) is 0 Å². The molecule has 3 N–H and O–H groups in total. The molecule has 0 aliphatic carbocycles. The van der Waals surface area contributed by atoms with Crippen molar-refractivity contribution >= 4 is 16.8 Å². The number of tetrazole rings is 1. The number of nitrogens with zero attached hydrogens (tertiary/aromatic N) is 4. The van der Waals surface area contributed by atoms with Gasteiger partial charge in [0.05, 0.1) is 5.52 Å². The Labute approximate surface area is 152 Å². The summed E-state index contributed by atoms with van der Waals surface area (Å²) in [7, 11) is 0. The highest BCUT2D eigenvalue weighted by atomic mass is 19.1. The second kappa shape index (κ2) is 6.79. The van der Waals surface area contributed by atoms with Crippen molar-refractivity contribution in [2.75, 3.05) is 0 Å². The maximum atomic E-state index is 13.4. The van der Waals surface area contributed by atoms with Crippen LogP contribution in [0.25, 0.3) is 22.3 Å². The van der Waals surface area contributed by atoms with Crippen LogP contribution in [0.5, 0.6) is 5.75 Å². The van der Waals surface area contributed by atoms with Gasteiger partial charge in [-0.1, -0.05) is 24.3 Å². The molecule has 27 heavy (non-hydrogen) atoms. The molecule has 0 bridgehead atoms. The first kappa shape index (κ1) is 16.6. The molecule has 0 aliphatic heterocycles. The van der Waals surface area contributed by atoms with Crippen LogP contribution in [0.4, 0.5) is 4.39 Å². The molecule has 2 heterocycles. The molecule has 0 radical (unpaired) electrons. The van der Waals surface area contributed by atoms with Crippen LogP contribution < -0.4 is 5.32 Å². The fourth-order valence-corrected chi connectivity index (χ4v) is 2.64. The number of carbonyl (C=O) groups excluding carboxylic acids is 1. The van der Waals surface area contributed by atoms with Gasteiger partial charge in [-0.15, -0.1) is 5.10 Å². The number of nitrogens with one attached hydrogen (secondary N) is 2. The van der Waals surface area contributed by atoms with E-state index in [2.05, 4.69) is 30.9 Å². The number of phenols is 1. The van der Waals surface area contributed by atoms with E-state index in [0.717, 1.165) is 11.1 Å². The lowest BCUT2D eigenvalue weighted by Crippen LogP contribution is -2.23. The number of amides is 1. The number of phenolic OH excluding ortho intramolecular Hbond substituents is 1. The van der Waals surface area contributed by atoms with Crippen LogP contribution in [0.3, 0.4) is 0 Å². The standard InChI is InChI=1S/C18H13FN6O2/c19-13-7-11-4-5-14(21-15(11)8-16(13)26)18(27)20-9-10-2-1-3-12(6-10)17-22-24-25-23-17/h1-8,26H,9H2,(H,20,27)(H,22,23,24,25). The van der Waals surface area contributed by atoms with Crippen LogP contribution >= 0.6 is 0 Å². The first-order valence-corrected chi connectivity index (χ1v) is 8.00. The molecule has 4 rings (SSSR count). The van der Waals surface area contributed by atoms with Gasteiger partial charge in [-0.25, -0.2) is 14.5 Å². The highest BCUT2D eigenvalue weighted by Crippen LogP contribution is 2.22. The number of rotatable bonds is 4. The second-order valence-electron chi connectivity index (χ2n) is 5.83. The zero-order valence-electron chi connectivity index (χ0n) is 13.8. The number of aromatic nitrogens is 5. The van der Waals surface area contributed by atoms with Crippen LogP contribution in [0.15, 0.2) is 48.5 Å². The molecule has 1 amide bonds. The number of carbonyl (C=O) groups is 1. The van der Waals surface area contributed by atoms with E-state index in [1.165, 1.54) is 18.2 Å². The summed E-state index contributed by atoms with van der Waals surface area (Å²) in [6.45, 7) is 0.280. The largest absolute Gasteiger partial charge is 0.505 e. The summed E-state index contributed by atoms with van der Waals surface area (Å²) >= 11 is 0. The van der Waals surface area contributed by atoms with E-state index in [9.17, 15) is 14.3 Å². The first-order valence-electron chi connectivity index (χ1n) is 8.00. The Hall–Kier alpha value is -3.88. The topological polar surface area (TPSA) is 117 Å². The Bertz CT molecular complexity index is 1130. The average Bonchev–Trinajstić information content (AvgIpc) is 3.22. The minimum atomic E-state index is -0.733. The van der Waals surface area contributed by atoms with Gasteiger partial charge in [-0.3, -0.25) is 4.79 Å². The molecule has 0 aliphatic rings. The predicted octanol–water partition coefficient (Wildman–Crippen LogP) is 2.19. The summed E-state index contributed by atoms with van der Waals surface area (Å²) in [6.07, 6.45) is 0. The van der Waals surface area contributed by atoms with Crippen molar-refractivity contribution in [3.05, 3.63) is 65.6 Å². The number of H-pyrrole nitrogens is 1. The molecule has 0 fully saturated rings. The van der Waals surface area contributed by atoms with Crippen LogP contribution in [0.2, 0.25) is 0 Å². The van der Waals surface area contributed by atoms with Gasteiger partial charge in [-0.05, 0) is 34.2 Å². The monoisotopic (exact) mass is 364 g/mol. The summed E-state index contributed by atoms with van der Waals surface area (Å²) in [5.41, 5.74) is 2.16. The normalized spacial score (nSPS) is 10.9. The first-order chi connectivity index (χ1) is 13.1. The van der Waals surface area contributed by atoms with Crippen molar-refractivity contribution in [3.8, 4) is 17.1 Å². The summed E-state index contributed by atoms with van der Waals surface area (Å²) in [6, 6.07) is 12.9. The highest BCUT2D eigenvalue weighted by Gasteiger charge is 2.11. The molecule has 2 aromatic carbocycles. The molecule has 2 aromatic heterocycles. The summed E-state index contributed by atoms with van der Waals surface area (Å²) < 4.78 is 13.4. The van der Waals surface area contributed by atoms with Gasteiger partial charge in [0.15, 0.2) is 17.4 Å². The fraction of sp³-hybridized carbons (Fsp3) is 0.0556. The quantitative estimate of drug-likeness (QED) is 0.511. The molecule has 0 spiro atoms. The third kappa shape index (κ3) is 3.43. The van der Waals surface area contributed by atoms with E-state index >= 15 is 0 Å². The Balaban J connectivity index is 1.50. The Morgan fingerprint density at radius 2 is 2.07 bits per heavy atom. The fourth-order valence-electron chi connectivity index (χ4n) is 2.64. The molecule has 0 atom stereocenters. The molecule has 9 heteroatoms. The van der Waals surface area contributed by atoms with E-state index in [0.29, 0.717) is 16.7 Å². The number of benzene rings is 2. The number of fused-ring (bicyclic) bond motifs is 1. The molecule has 0 saturated heterocycles. The van der Waals surface area contributed by atoms with Crippen LogP contribution in [0, 0.1) is 5.82 Å². The van der Waals surface area contributed by atoms with E-state index in [-0.39, 0.29) is 18.1 Å². The van der Waals surface area contributed by atoms with Gasteiger partial charge in [-0.2, -0.15) is 0 Å². The SMILES string of the molecule is O=C(NCc1cccc(-c2nnn[nH]2)c1)c1ccc2cc(F)c(O)cc2n1. The van der Waals surface area contributed by atoms with Gasteiger partial charge < -0.3 is 10.4 Å². The second-order valence-corrected chi connectivity index (χ2v) is 5.83. The van der Waals surface area contributed by atoms with Crippen molar-refractivity contribution in [3.63, 3.8) is 0 Å². The predicted molar refractivity (Wildman–Crippen MR) is 94.1 cm³/mol. The molecule has 134 valence electrons. The van der Waals surface area contributed by atoms with E-state index in [1.807, 2.05) is 24.3 Å². The number of halogens is 1. The van der Waals surface area contributed by atoms with Crippen molar-refractivity contribution in [1.82, 2.24) is 30.9 Å². The molecule has 4 aromatic rings. The van der Waals surface area contributed by atoms with E-state index in [1.54, 1.807) is 6.07 Å².